The van der Waals surface area contributed by atoms with Crippen LogP contribution in [-0.4, -0.2) is 31.3 Å². The highest BCUT2D eigenvalue weighted by atomic mass is 35.5. The first-order valence-electron chi connectivity index (χ1n) is 5.25. The van der Waals surface area contributed by atoms with E-state index in [1.165, 1.54) is 0 Å². The molecular weight excluding hydrogens is 226 g/mol. The van der Waals surface area contributed by atoms with Gasteiger partial charge >= 0.3 is 0 Å². The molecule has 4 nitrogen and oxygen atoms in total. The van der Waals surface area contributed by atoms with E-state index in [0.29, 0.717) is 17.4 Å². The maximum absolute atomic E-state index is 5.83. The van der Waals surface area contributed by atoms with E-state index in [0.717, 1.165) is 12.4 Å². The number of aromatic nitrogens is 1. The summed E-state index contributed by atoms with van der Waals surface area (Å²) < 4.78 is 5.46. The summed E-state index contributed by atoms with van der Waals surface area (Å²) in [6, 6.07) is 3.42. The number of pyridine rings is 1. The van der Waals surface area contributed by atoms with Crippen LogP contribution in [0.5, 0.6) is 0 Å². The standard InChI is InChI=1S/C11H18ClN3O/c1-8(2)16-5-4-15(3)11-7-9(13)6-10(12)14-11/h6-8H,4-5H2,1-3H3,(H2,13,14). The highest BCUT2D eigenvalue weighted by Crippen LogP contribution is 2.18. The Labute approximate surface area is 101 Å². The third-order valence-corrected chi connectivity index (χ3v) is 2.27. The molecule has 1 heterocycles. The van der Waals surface area contributed by atoms with E-state index in [4.69, 9.17) is 22.1 Å². The van der Waals surface area contributed by atoms with Gasteiger partial charge in [-0.25, -0.2) is 4.98 Å². The molecule has 0 radical (unpaired) electrons. The molecule has 0 bridgehead atoms. The van der Waals surface area contributed by atoms with Crippen LogP contribution >= 0.6 is 11.6 Å². The molecule has 90 valence electrons. The second kappa shape index (κ2) is 5.92. The number of halogens is 1. The molecule has 1 aromatic rings. The lowest BCUT2D eigenvalue weighted by Gasteiger charge is -2.19. The number of nitrogen functional groups attached to an aromatic ring is 1. The second-order valence-electron chi connectivity index (χ2n) is 3.92. The highest BCUT2D eigenvalue weighted by Gasteiger charge is 2.05. The molecule has 0 aliphatic heterocycles. The van der Waals surface area contributed by atoms with Gasteiger partial charge in [-0.05, 0) is 19.9 Å². The zero-order valence-electron chi connectivity index (χ0n) is 9.90. The van der Waals surface area contributed by atoms with Crippen molar-refractivity contribution in [1.82, 2.24) is 4.98 Å². The van der Waals surface area contributed by atoms with E-state index < -0.39 is 0 Å². The van der Waals surface area contributed by atoms with E-state index in [1.807, 2.05) is 25.8 Å². The number of nitrogens with zero attached hydrogens (tertiary/aromatic N) is 2. The van der Waals surface area contributed by atoms with E-state index in [9.17, 15) is 0 Å². The predicted octanol–water partition coefficient (Wildman–Crippen LogP) is 2.18. The Kier molecular flexibility index (Phi) is 4.83. The Morgan fingerprint density at radius 2 is 2.19 bits per heavy atom. The molecule has 0 aliphatic carbocycles. The molecule has 2 N–H and O–H groups in total. The lowest BCUT2D eigenvalue weighted by atomic mass is 10.4. The van der Waals surface area contributed by atoms with Crippen LogP contribution in [0.3, 0.4) is 0 Å². The normalized spacial score (nSPS) is 10.8. The van der Waals surface area contributed by atoms with Crippen LogP contribution in [0, 0.1) is 0 Å². The Bertz CT molecular complexity index is 324. The Morgan fingerprint density at radius 1 is 1.50 bits per heavy atom. The van der Waals surface area contributed by atoms with Gasteiger partial charge in [-0.1, -0.05) is 11.6 Å². The highest BCUT2D eigenvalue weighted by molar-refractivity contribution is 6.29. The van der Waals surface area contributed by atoms with Gasteiger partial charge in [0.1, 0.15) is 11.0 Å². The average Bonchev–Trinajstić information content (AvgIpc) is 2.15. The Balaban J connectivity index is 2.55. The summed E-state index contributed by atoms with van der Waals surface area (Å²) in [5, 5.41) is 0.409. The largest absolute Gasteiger partial charge is 0.399 e. The number of anilines is 2. The van der Waals surface area contributed by atoms with Crippen LogP contribution in [0.2, 0.25) is 5.15 Å². The molecule has 16 heavy (non-hydrogen) atoms. The molecule has 0 unspecified atom stereocenters. The van der Waals surface area contributed by atoms with Crippen LogP contribution in [-0.2, 0) is 4.74 Å². The van der Waals surface area contributed by atoms with Gasteiger partial charge in [-0.2, -0.15) is 0 Å². The minimum atomic E-state index is 0.241. The van der Waals surface area contributed by atoms with Crippen molar-refractivity contribution in [2.75, 3.05) is 30.8 Å². The molecule has 0 atom stereocenters. The minimum absolute atomic E-state index is 0.241. The van der Waals surface area contributed by atoms with Gasteiger partial charge in [0, 0.05) is 25.3 Å². The van der Waals surface area contributed by atoms with Gasteiger partial charge in [0.05, 0.1) is 12.7 Å². The number of hydrogen-bond donors (Lipinski definition) is 1. The molecule has 1 rings (SSSR count). The van der Waals surface area contributed by atoms with Gasteiger partial charge in [0.25, 0.3) is 0 Å². The number of ether oxygens (including phenoxy) is 1. The van der Waals surface area contributed by atoms with Crippen molar-refractivity contribution in [2.45, 2.75) is 20.0 Å². The first kappa shape index (κ1) is 13.1. The van der Waals surface area contributed by atoms with E-state index in [2.05, 4.69) is 4.98 Å². The molecule has 5 heteroatoms. The van der Waals surface area contributed by atoms with Crippen LogP contribution < -0.4 is 10.6 Å². The summed E-state index contributed by atoms with van der Waals surface area (Å²) in [5.41, 5.74) is 6.31. The fraction of sp³-hybridized carbons (Fsp3) is 0.545. The van der Waals surface area contributed by atoms with E-state index in [1.54, 1.807) is 12.1 Å². The maximum Gasteiger partial charge on any atom is 0.133 e. The smallest absolute Gasteiger partial charge is 0.133 e. The zero-order chi connectivity index (χ0) is 12.1. The lowest BCUT2D eigenvalue weighted by Crippen LogP contribution is -2.24. The fourth-order valence-electron chi connectivity index (χ4n) is 1.24. The number of rotatable bonds is 5. The summed E-state index contributed by atoms with van der Waals surface area (Å²) in [4.78, 5) is 6.15. The molecule has 0 aliphatic rings. The Hall–Kier alpha value is -1.00. The third kappa shape index (κ3) is 4.24. The molecule has 0 aromatic carbocycles. The van der Waals surface area contributed by atoms with Crippen molar-refractivity contribution >= 4 is 23.1 Å². The maximum atomic E-state index is 5.83. The van der Waals surface area contributed by atoms with E-state index >= 15 is 0 Å². The van der Waals surface area contributed by atoms with Crippen molar-refractivity contribution in [2.24, 2.45) is 0 Å². The number of likely N-dealkylation sites (N-methyl/N-ethyl adjacent to an activating group) is 1. The second-order valence-corrected chi connectivity index (χ2v) is 4.31. The summed E-state index contributed by atoms with van der Waals surface area (Å²) >= 11 is 5.83. The molecule has 1 aromatic heterocycles. The van der Waals surface area contributed by atoms with Crippen LogP contribution in [0.15, 0.2) is 12.1 Å². The summed E-state index contributed by atoms with van der Waals surface area (Å²) in [6.45, 7) is 5.43. The number of nitrogens with two attached hydrogens (primary N) is 1. The molecule has 0 saturated heterocycles. The van der Waals surface area contributed by atoms with Gasteiger partial charge in [-0.3, -0.25) is 0 Å². The molecule has 0 fully saturated rings. The monoisotopic (exact) mass is 243 g/mol. The zero-order valence-corrected chi connectivity index (χ0v) is 10.7. The third-order valence-electron chi connectivity index (χ3n) is 2.07. The van der Waals surface area contributed by atoms with Gasteiger partial charge in [0.15, 0.2) is 0 Å². The van der Waals surface area contributed by atoms with Crippen molar-refractivity contribution in [3.63, 3.8) is 0 Å². The van der Waals surface area contributed by atoms with Gasteiger partial charge in [-0.15, -0.1) is 0 Å². The lowest BCUT2D eigenvalue weighted by molar-refractivity contribution is 0.0845. The van der Waals surface area contributed by atoms with Crippen molar-refractivity contribution in [3.05, 3.63) is 17.3 Å². The summed E-state index contributed by atoms with van der Waals surface area (Å²) in [7, 11) is 1.93. The van der Waals surface area contributed by atoms with Crippen LogP contribution in [0.25, 0.3) is 0 Å². The first-order chi connectivity index (χ1) is 7.49. The molecule has 0 amide bonds. The summed E-state index contributed by atoms with van der Waals surface area (Å²) in [6.07, 6.45) is 0.241. The Morgan fingerprint density at radius 3 is 2.75 bits per heavy atom. The first-order valence-corrected chi connectivity index (χ1v) is 5.62. The fourth-order valence-corrected chi connectivity index (χ4v) is 1.45. The van der Waals surface area contributed by atoms with Gasteiger partial charge in [0.2, 0.25) is 0 Å². The predicted molar refractivity (Wildman–Crippen MR) is 68.0 cm³/mol. The van der Waals surface area contributed by atoms with E-state index in [-0.39, 0.29) is 6.10 Å². The SMILES string of the molecule is CC(C)OCCN(C)c1cc(N)cc(Cl)n1. The quantitative estimate of drug-likeness (QED) is 0.806. The topological polar surface area (TPSA) is 51.4 Å². The van der Waals surface area contributed by atoms with Gasteiger partial charge < -0.3 is 15.4 Å². The van der Waals surface area contributed by atoms with Crippen molar-refractivity contribution in [3.8, 4) is 0 Å². The van der Waals surface area contributed by atoms with Crippen LogP contribution in [0.1, 0.15) is 13.8 Å². The average molecular weight is 244 g/mol. The van der Waals surface area contributed by atoms with Crippen molar-refractivity contribution < 1.29 is 4.74 Å². The molecular formula is C11H18ClN3O. The number of hydrogen-bond acceptors (Lipinski definition) is 4. The minimum Gasteiger partial charge on any atom is -0.399 e. The molecule has 0 saturated carbocycles. The van der Waals surface area contributed by atoms with Crippen LogP contribution in [0.4, 0.5) is 11.5 Å². The summed E-state index contributed by atoms with van der Waals surface area (Å²) in [5.74, 6) is 0.761. The van der Waals surface area contributed by atoms with Crippen molar-refractivity contribution in [1.29, 1.82) is 0 Å². The molecule has 0 spiro atoms.